The number of nitrogen functional groups attached to an aromatic ring is 1. The van der Waals surface area contributed by atoms with Gasteiger partial charge < -0.3 is 11.1 Å². The molecule has 2 rings (SSSR count). The van der Waals surface area contributed by atoms with E-state index in [4.69, 9.17) is 5.73 Å². The molecule has 22 heavy (non-hydrogen) atoms. The number of nitrogens with one attached hydrogen (secondary N) is 1. The highest BCUT2D eigenvalue weighted by Gasteiger charge is 2.08. The molecule has 0 fully saturated rings. The Morgan fingerprint density at radius 1 is 1.27 bits per heavy atom. The normalized spacial score (nSPS) is 11.5. The lowest BCUT2D eigenvalue weighted by Crippen LogP contribution is -2.29. The number of thiophene rings is 1. The first kappa shape index (κ1) is 18.5. The third-order valence-electron chi connectivity index (χ3n) is 3.45. The molecule has 1 heterocycles. The average Bonchev–Trinajstić information content (AvgIpc) is 2.97. The Morgan fingerprint density at radius 3 is 2.73 bits per heavy atom. The van der Waals surface area contributed by atoms with Crippen molar-refractivity contribution >= 4 is 35.3 Å². The standard InChI is InChI=1S/C17H22N2OS.ClH/c1-13(11-15-6-4-10-21-15)12-19-17(20)9-8-14-5-2-3-7-16(14)18;/h2-7,10,13H,8-9,11-12,18H2,1H3,(H,19,20);1H. The number of carbonyl (C=O) groups excluding carboxylic acids is 1. The molecule has 5 heteroatoms. The number of amides is 1. The van der Waals surface area contributed by atoms with Gasteiger partial charge in [-0.3, -0.25) is 4.79 Å². The van der Waals surface area contributed by atoms with Gasteiger partial charge in [-0.25, -0.2) is 0 Å². The molecule has 0 radical (unpaired) electrons. The lowest BCUT2D eigenvalue weighted by Gasteiger charge is -2.12. The van der Waals surface area contributed by atoms with Crippen LogP contribution in [0.3, 0.4) is 0 Å². The number of benzene rings is 1. The van der Waals surface area contributed by atoms with Gasteiger partial charge in [-0.2, -0.15) is 0 Å². The Hall–Kier alpha value is -1.52. The number of anilines is 1. The summed E-state index contributed by atoms with van der Waals surface area (Å²) in [5.74, 6) is 0.547. The molecule has 0 aliphatic carbocycles. The SMILES string of the molecule is CC(CNC(=O)CCc1ccccc1N)Cc1cccs1.Cl. The summed E-state index contributed by atoms with van der Waals surface area (Å²) in [6, 6.07) is 11.9. The van der Waals surface area contributed by atoms with E-state index in [0.717, 1.165) is 24.2 Å². The minimum absolute atomic E-state index is 0. The quantitative estimate of drug-likeness (QED) is 0.757. The molecule has 0 saturated heterocycles. The van der Waals surface area contributed by atoms with Crippen molar-refractivity contribution in [3.63, 3.8) is 0 Å². The van der Waals surface area contributed by atoms with Crippen LogP contribution in [0, 0.1) is 5.92 Å². The first-order valence-electron chi connectivity index (χ1n) is 7.27. The third kappa shape index (κ3) is 6.08. The van der Waals surface area contributed by atoms with E-state index in [0.29, 0.717) is 18.8 Å². The molecule has 0 bridgehead atoms. The van der Waals surface area contributed by atoms with Gasteiger partial charge in [0.05, 0.1) is 0 Å². The number of hydrogen-bond donors (Lipinski definition) is 2. The van der Waals surface area contributed by atoms with Crippen LogP contribution in [0.2, 0.25) is 0 Å². The molecule has 3 N–H and O–H groups in total. The van der Waals surface area contributed by atoms with E-state index < -0.39 is 0 Å². The second-order valence-corrected chi connectivity index (χ2v) is 6.42. The zero-order chi connectivity index (χ0) is 15.1. The third-order valence-corrected chi connectivity index (χ3v) is 4.35. The van der Waals surface area contributed by atoms with Gasteiger partial charge in [0.25, 0.3) is 0 Å². The molecular formula is C17H23ClN2OS. The van der Waals surface area contributed by atoms with Crippen molar-refractivity contribution in [2.24, 2.45) is 5.92 Å². The maximum atomic E-state index is 11.9. The minimum Gasteiger partial charge on any atom is -0.399 e. The molecule has 3 nitrogen and oxygen atoms in total. The Bertz CT molecular complexity index is 572. The van der Waals surface area contributed by atoms with Crippen molar-refractivity contribution in [1.82, 2.24) is 5.32 Å². The molecule has 2 aromatic rings. The van der Waals surface area contributed by atoms with Crippen molar-refractivity contribution in [1.29, 1.82) is 0 Å². The van der Waals surface area contributed by atoms with E-state index in [-0.39, 0.29) is 18.3 Å². The summed E-state index contributed by atoms with van der Waals surface area (Å²) in [6.07, 6.45) is 2.20. The molecule has 0 saturated carbocycles. The van der Waals surface area contributed by atoms with Crippen molar-refractivity contribution in [3.05, 3.63) is 52.2 Å². The smallest absolute Gasteiger partial charge is 0.220 e. The van der Waals surface area contributed by atoms with Crippen LogP contribution in [0.5, 0.6) is 0 Å². The molecule has 1 aromatic heterocycles. The number of halogens is 1. The predicted octanol–water partition coefficient (Wildman–Crippen LogP) is 3.68. The van der Waals surface area contributed by atoms with Crippen LogP contribution in [0.1, 0.15) is 23.8 Å². The van der Waals surface area contributed by atoms with Crippen LogP contribution < -0.4 is 11.1 Å². The molecule has 0 aliphatic heterocycles. The van der Waals surface area contributed by atoms with Crippen molar-refractivity contribution < 1.29 is 4.79 Å². The Kier molecular flexibility index (Phi) is 7.99. The van der Waals surface area contributed by atoms with Gasteiger partial charge in [0.1, 0.15) is 0 Å². The molecule has 1 aromatic carbocycles. The summed E-state index contributed by atoms with van der Waals surface area (Å²) >= 11 is 1.77. The topological polar surface area (TPSA) is 55.1 Å². The van der Waals surface area contributed by atoms with Crippen LogP contribution in [-0.4, -0.2) is 12.5 Å². The zero-order valence-electron chi connectivity index (χ0n) is 12.7. The zero-order valence-corrected chi connectivity index (χ0v) is 14.4. The summed E-state index contributed by atoms with van der Waals surface area (Å²) in [5, 5.41) is 5.10. The fourth-order valence-electron chi connectivity index (χ4n) is 2.23. The average molecular weight is 339 g/mol. The highest BCUT2D eigenvalue weighted by atomic mass is 35.5. The minimum atomic E-state index is 0. The molecule has 120 valence electrons. The second kappa shape index (κ2) is 9.49. The number of carbonyl (C=O) groups is 1. The van der Waals surface area contributed by atoms with Gasteiger partial charge in [0.15, 0.2) is 0 Å². The molecule has 1 atom stereocenters. The lowest BCUT2D eigenvalue weighted by atomic mass is 10.1. The van der Waals surface area contributed by atoms with Gasteiger partial charge in [-0.1, -0.05) is 31.2 Å². The summed E-state index contributed by atoms with van der Waals surface area (Å²) in [7, 11) is 0. The number of rotatable bonds is 7. The molecule has 1 unspecified atom stereocenters. The fraction of sp³-hybridized carbons (Fsp3) is 0.353. The van der Waals surface area contributed by atoms with Crippen molar-refractivity contribution in [2.45, 2.75) is 26.2 Å². The molecule has 1 amide bonds. The van der Waals surface area contributed by atoms with Gasteiger partial charge in [-0.15, -0.1) is 23.7 Å². The maximum absolute atomic E-state index is 11.9. The van der Waals surface area contributed by atoms with Gasteiger partial charge >= 0.3 is 0 Å². The summed E-state index contributed by atoms with van der Waals surface area (Å²) in [5.41, 5.74) is 7.68. The maximum Gasteiger partial charge on any atom is 0.220 e. The molecular weight excluding hydrogens is 316 g/mol. The fourth-order valence-corrected chi connectivity index (χ4v) is 3.10. The summed E-state index contributed by atoms with van der Waals surface area (Å²) in [6.45, 7) is 2.89. The first-order chi connectivity index (χ1) is 10.1. The highest BCUT2D eigenvalue weighted by Crippen LogP contribution is 2.14. The Balaban J connectivity index is 0.00000242. The van der Waals surface area contributed by atoms with E-state index in [9.17, 15) is 4.79 Å². The van der Waals surface area contributed by atoms with Crippen LogP contribution in [0.15, 0.2) is 41.8 Å². The van der Waals surface area contributed by atoms with E-state index in [1.165, 1.54) is 4.88 Å². The Labute approximate surface area is 142 Å². The van der Waals surface area contributed by atoms with Crippen molar-refractivity contribution in [2.75, 3.05) is 12.3 Å². The largest absolute Gasteiger partial charge is 0.399 e. The van der Waals surface area contributed by atoms with E-state index in [1.54, 1.807) is 11.3 Å². The van der Waals surface area contributed by atoms with E-state index in [1.807, 2.05) is 24.3 Å². The first-order valence-corrected chi connectivity index (χ1v) is 8.15. The van der Waals surface area contributed by atoms with Gasteiger partial charge in [0.2, 0.25) is 5.91 Å². The van der Waals surface area contributed by atoms with Gasteiger partial charge in [0, 0.05) is 23.5 Å². The van der Waals surface area contributed by atoms with Crippen molar-refractivity contribution in [3.8, 4) is 0 Å². The monoisotopic (exact) mass is 338 g/mol. The highest BCUT2D eigenvalue weighted by molar-refractivity contribution is 7.09. The predicted molar refractivity (Wildman–Crippen MR) is 96.6 cm³/mol. The Morgan fingerprint density at radius 2 is 2.05 bits per heavy atom. The molecule has 0 spiro atoms. The second-order valence-electron chi connectivity index (χ2n) is 5.39. The molecule has 0 aliphatic rings. The number of para-hydroxylation sites is 1. The van der Waals surface area contributed by atoms with Gasteiger partial charge in [-0.05, 0) is 41.8 Å². The van der Waals surface area contributed by atoms with Crippen LogP contribution in [0.4, 0.5) is 5.69 Å². The lowest BCUT2D eigenvalue weighted by molar-refractivity contribution is -0.121. The van der Waals surface area contributed by atoms with Crippen LogP contribution in [0.25, 0.3) is 0 Å². The van der Waals surface area contributed by atoms with Crippen LogP contribution >= 0.6 is 23.7 Å². The number of hydrogen-bond acceptors (Lipinski definition) is 3. The van der Waals surface area contributed by atoms with E-state index in [2.05, 4.69) is 29.8 Å². The summed E-state index contributed by atoms with van der Waals surface area (Å²) in [4.78, 5) is 13.3. The number of aryl methyl sites for hydroxylation is 1. The van der Waals surface area contributed by atoms with E-state index >= 15 is 0 Å². The van der Waals surface area contributed by atoms with Crippen LogP contribution in [-0.2, 0) is 17.6 Å². The summed E-state index contributed by atoms with van der Waals surface area (Å²) < 4.78 is 0. The number of nitrogens with two attached hydrogens (primary N) is 1.